The lowest BCUT2D eigenvalue weighted by molar-refractivity contribution is -0.161. The number of nitrogens with one attached hydrogen (secondary N) is 1. The standard InChI is InChI=1S/C25H28N2O6S/c1-25(2,3)24(29)33-26-13-15-7-9-16(10-8-15)23-27-18(14-34-23)21(28)17-11-19(30-4)22(32-6)20(12-17)31-5/h7-12,14,26H,13H2,1-6H3. The molecule has 3 aromatic rings. The van der Waals surface area contributed by atoms with Gasteiger partial charge in [-0.3, -0.25) is 4.79 Å². The molecule has 1 N–H and O–H groups in total. The average Bonchev–Trinajstić information content (AvgIpc) is 3.32. The molecule has 0 aliphatic heterocycles. The van der Waals surface area contributed by atoms with Gasteiger partial charge >= 0.3 is 5.97 Å². The van der Waals surface area contributed by atoms with Crippen molar-refractivity contribution < 1.29 is 28.6 Å². The maximum absolute atomic E-state index is 13.1. The van der Waals surface area contributed by atoms with Gasteiger partial charge in [0.2, 0.25) is 11.5 Å². The summed E-state index contributed by atoms with van der Waals surface area (Å²) in [6, 6.07) is 10.9. The highest BCUT2D eigenvalue weighted by molar-refractivity contribution is 7.13. The van der Waals surface area contributed by atoms with Gasteiger partial charge in [0.25, 0.3) is 0 Å². The van der Waals surface area contributed by atoms with E-state index in [1.165, 1.54) is 32.7 Å². The molecule has 180 valence electrons. The monoisotopic (exact) mass is 484 g/mol. The number of methoxy groups -OCH3 is 3. The molecule has 0 saturated heterocycles. The second-order valence-electron chi connectivity index (χ2n) is 8.44. The van der Waals surface area contributed by atoms with Crippen molar-refractivity contribution in [3.63, 3.8) is 0 Å². The molecule has 2 aromatic carbocycles. The third kappa shape index (κ3) is 5.73. The smallest absolute Gasteiger partial charge is 0.329 e. The van der Waals surface area contributed by atoms with Gasteiger partial charge in [-0.1, -0.05) is 24.3 Å². The van der Waals surface area contributed by atoms with Gasteiger partial charge in [-0.05, 0) is 38.5 Å². The van der Waals surface area contributed by atoms with Crippen molar-refractivity contribution in [2.24, 2.45) is 5.41 Å². The quantitative estimate of drug-likeness (QED) is 0.346. The van der Waals surface area contributed by atoms with Crippen molar-refractivity contribution >= 4 is 23.1 Å². The Morgan fingerprint density at radius 1 is 0.971 bits per heavy atom. The van der Waals surface area contributed by atoms with Gasteiger partial charge in [0.05, 0.1) is 33.3 Å². The number of carbonyl (C=O) groups excluding carboxylic acids is 2. The molecular formula is C25H28N2O6S. The second kappa shape index (κ2) is 10.7. The molecule has 0 atom stereocenters. The lowest BCUT2D eigenvalue weighted by Gasteiger charge is -2.16. The number of carbonyl (C=O) groups is 2. The molecule has 0 aliphatic carbocycles. The zero-order valence-corrected chi connectivity index (χ0v) is 20.9. The molecule has 34 heavy (non-hydrogen) atoms. The van der Waals surface area contributed by atoms with Crippen molar-refractivity contribution in [3.8, 4) is 27.8 Å². The first-order valence-corrected chi connectivity index (χ1v) is 11.4. The molecule has 0 bridgehead atoms. The van der Waals surface area contributed by atoms with E-state index in [9.17, 15) is 9.59 Å². The fourth-order valence-corrected chi connectivity index (χ4v) is 3.78. The third-order valence-electron chi connectivity index (χ3n) is 4.92. The van der Waals surface area contributed by atoms with Crippen LogP contribution in [-0.4, -0.2) is 38.1 Å². The van der Waals surface area contributed by atoms with Gasteiger partial charge in [-0.15, -0.1) is 16.8 Å². The Bertz CT molecular complexity index is 1140. The van der Waals surface area contributed by atoms with E-state index >= 15 is 0 Å². The van der Waals surface area contributed by atoms with Crippen LogP contribution in [0.4, 0.5) is 0 Å². The SMILES string of the molecule is COc1cc(C(=O)c2csc(-c3ccc(CNOC(=O)C(C)(C)C)cc3)n2)cc(OC)c1OC. The zero-order valence-electron chi connectivity index (χ0n) is 20.1. The lowest BCUT2D eigenvalue weighted by Crippen LogP contribution is -2.29. The molecule has 8 nitrogen and oxygen atoms in total. The highest BCUT2D eigenvalue weighted by Gasteiger charge is 2.23. The molecule has 9 heteroatoms. The van der Waals surface area contributed by atoms with Crippen LogP contribution in [0.15, 0.2) is 41.8 Å². The predicted octanol–water partition coefficient (Wildman–Crippen LogP) is 4.66. The van der Waals surface area contributed by atoms with Crippen LogP contribution in [-0.2, 0) is 16.2 Å². The van der Waals surface area contributed by atoms with E-state index < -0.39 is 5.41 Å². The molecule has 1 aromatic heterocycles. The summed E-state index contributed by atoms with van der Waals surface area (Å²) in [6.45, 7) is 5.76. The van der Waals surface area contributed by atoms with Gasteiger partial charge in [0.15, 0.2) is 11.5 Å². The van der Waals surface area contributed by atoms with E-state index in [-0.39, 0.29) is 11.8 Å². The topological polar surface area (TPSA) is 96.0 Å². The molecule has 0 fully saturated rings. The molecular weight excluding hydrogens is 456 g/mol. The Hall–Kier alpha value is -3.43. The van der Waals surface area contributed by atoms with E-state index in [2.05, 4.69) is 10.5 Å². The van der Waals surface area contributed by atoms with Crippen LogP contribution >= 0.6 is 11.3 Å². The zero-order chi connectivity index (χ0) is 24.9. The number of ketones is 1. The second-order valence-corrected chi connectivity index (χ2v) is 9.30. The summed E-state index contributed by atoms with van der Waals surface area (Å²) in [5, 5.41) is 2.44. The van der Waals surface area contributed by atoms with Crippen LogP contribution in [0.1, 0.15) is 42.4 Å². The van der Waals surface area contributed by atoms with Crippen LogP contribution in [0.3, 0.4) is 0 Å². The van der Waals surface area contributed by atoms with Crippen molar-refractivity contribution in [1.29, 1.82) is 0 Å². The number of benzene rings is 2. The minimum absolute atomic E-state index is 0.247. The summed E-state index contributed by atoms with van der Waals surface area (Å²) in [7, 11) is 4.51. The van der Waals surface area contributed by atoms with Gasteiger partial charge in [0.1, 0.15) is 10.7 Å². The Kier molecular flexibility index (Phi) is 7.90. The lowest BCUT2D eigenvalue weighted by atomic mass is 9.98. The summed E-state index contributed by atoms with van der Waals surface area (Å²) < 4.78 is 16.0. The van der Waals surface area contributed by atoms with E-state index in [0.717, 1.165) is 16.1 Å². The fourth-order valence-electron chi connectivity index (χ4n) is 2.97. The molecule has 0 spiro atoms. The van der Waals surface area contributed by atoms with Crippen LogP contribution in [0.2, 0.25) is 0 Å². The van der Waals surface area contributed by atoms with Crippen LogP contribution in [0, 0.1) is 5.41 Å². The molecule has 1 heterocycles. The number of aromatic nitrogens is 1. The number of ether oxygens (including phenoxy) is 3. The molecule has 0 saturated carbocycles. The van der Waals surface area contributed by atoms with Crippen LogP contribution < -0.4 is 19.7 Å². The highest BCUT2D eigenvalue weighted by Crippen LogP contribution is 2.39. The third-order valence-corrected chi connectivity index (χ3v) is 5.81. The summed E-state index contributed by atoms with van der Waals surface area (Å²) in [4.78, 5) is 34.5. The minimum atomic E-state index is -0.571. The molecule has 0 unspecified atom stereocenters. The summed E-state index contributed by atoms with van der Waals surface area (Å²) >= 11 is 1.38. The Morgan fingerprint density at radius 2 is 1.59 bits per heavy atom. The molecule has 3 rings (SSSR count). The Balaban J connectivity index is 1.72. The van der Waals surface area contributed by atoms with Crippen LogP contribution in [0.25, 0.3) is 10.6 Å². The van der Waals surface area contributed by atoms with Crippen molar-refractivity contribution in [3.05, 3.63) is 58.6 Å². The molecule has 0 aliphatic rings. The van der Waals surface area contributed by atoms with Crippen molar-refractivity contribution in [1.82, 2.24) is 10.5 Å². The first kappa shape index (κ1) is 25.2. The number of hydrogen-bond donors (Lipinski definition) is 1. The number of hydroxylamine groups is 1. The summed E-state index contributed by atoms with van der Waals surface area (Å²) in [6.07, 6.45) is 0. The summed E-state index contributed by atoms with van der Waals surface area (Å²) in [5.74, 6) is 0.652. The maximum atomic E-state index is 13.1. The van der Waals surface area contributed by atoms with Crippen molar-refractivity contribution in [2.75, 3.05) is 21.3 Å². The molecule has 0 radical (unpaired) electrons. The normalized spacial score (nSPS) is 11.1. The van der Waals surface area contributed by atoms with Crippen molar-refractivity contribution in [2.45, 2.75) is 27.3 Å². The minimum Gasteiger partial charge on any atom is -0.493 e. The van der Waals surface area contributed by atoms with E-state index in [0.29, 0.717) is 35.1 Å². The predicted molar refractivity (Wildman–Crippen MR) is 129 cm³/mol. The highest BCUT2D eigenvalue weighted by atomic mass is 32.1. The Morgan fingerprint density at radius 3 is 2.12 bits per heavy atom. The first-order valence-electron chi connectivity index (χ1n) is 10.5. The number of nitrogens with zero attached hydrogens (tertiary/aromatic N) is 1. The largest absolute Gasteiger partial charge is 0.493 e. The van der Waals surface area contributed by atoms with E-state index in [1.54, 1.807) is 38.3 Å². The van der Waals surface area contributed by atoms with E-state index in [1.807, 2.05) is 24.3 Å². The molecule has 0 amide bonds. The van der Waals surface area contributed by atoms with Crippen LogP contribution in [0.5, 0.6) is 17.2 Å². The maximum Gasteiger partial charge on any atom is 0.329 e. The average molecular weight is 485 g/mol. The number of thiazole rings is 1. The fraction of sp³-hybridized carbons (Fsp3) is 0.320. The Labute approximate surface area is 202 Å². The van der Waals surface area contributed by atoms with Gasteiger partial charge in [-0.25, -0.2) is 9.78 Å². The number of rotatable bonds is 9. The first-order chi connectivity index (χ1) is 16.2. The van der Waals surface area contributed by atoms with E-state index in [4.69, 9.17) is 19.0 Å². The number of hydrogen-bond acceptors (Lipinski definition) is 9. The van der Waals surface area contributed by atoms with Gasteiger partial charge in [0, 0.05) is 16.5 Å². The summed E-state index contributed by atoms with van der Waals surface area (Å²) in [5.41, 5.74) is 4.66. The van der Waals surface area contributed by atoms with Gasteiger partial charge in [-0.2, -0.15) is 0 Å². The van der Waals surface area contributed by atoms with Gasteiger partial charge < -0.3 is 19.0 Å².